The van der Waals surface area contributed by atoms with Gasteiger partial charge in [-0.3, -0.25) is 10.1 Å². The van der Waals surface area contributed by atoms with Gasteiger partial charge in [-0.1, -0.05) is 0 Å². The van der Waals surface area contributed by atoms with E-state index in [2.05, 4.69) is 20.9 Å². The van der Waals surface area contributed by atoms with Crippen molar-refractivity contribution in [2.45, 2.75) is 6.43 Å². The third-order valence-corrected chi connectivity index (χ3v) is 1.77. The zero-order chi connectivity index (χ0) is 10.9. The van der Waals surface area contributed by atoms with Gasteiger partial charge < -0.3 is 0 Å². The van der Waals surface area contributed by atoms with Crippen LogP contribution in [0.2, 0.25) is 0 Å². The summed E-state index contributed by atoms with van der Waals surface area (Å²) < 4.78 is 37.1. The van der Waals surface area contributed by atoms with Crippen molar-refractivity contribution in [3.05, 3.63) is 32.3 Å². The number of nitro groups is 1. The van der Waals surface area contributed by atoms with Gasteiger partial charge in [-0.25, -0.2) is 13.8 Å². The molecule has 4 nitrogen and oxygen atoms in total. The number of nitrogens with zero attached hydrogens (tertiary/aromatic N) is 2. The van der Waals surface area contributed by atoms with E-state index >= 15 is 0 Å². The molecule has 1 heterocycles. The third kappa shape index (κ3) is 2.00. The molecular formula is C6H2BrF3N2O2. The Labute approximate surface area is 84.0 Å². The van der Waals surface area contributed by atoms with Gasteiger partial charge >= 0.3 is 5.69 Å². The number of halogens is 4. The normalized spacial score (nSPS) is 10.6. The Kier molecular flexibility index (Phi) is 3.04. The molecule has 0 aliphatic rings. The molecule has 0 saturated carbocycles. The molecule has 76 valence electrons. The topological polar surface area (TPSA) is 56.0 Å². The van der Waals surface area contributed by atoms with Gasteiger partial charge in [-0.2, -0.15) is 4.39 Å². The Morgan fingerprint density at radius 3 is 2.57 bits per heavy atom. The van der Waals surface area contributed by atoms with Crippen LogP contribution in [0.3, 0.4) is 0 Å². The van der Waals surface area contributed by atoms with Crippen molar-refractivity contribution < 1.29 is 18.1 Å². The average molecular weight is 271 g/mol. The Morgan fingerprint density at radius 2 is 2.14 bits per heavy atom. The number of hydrogen-bond acceptors (Lipinski definition) is 3. The number of hydrogen-bond donors (Lipinski definition) is 0. The maximum atomic E-state index is 12.8. The van der Waals surface area contributed by atoms with E-state index in [1.165, 1.54) is 0 Å². The smallest absolute Gasteiger partial charge is 0.258 e. The monoisotopic (exact) mass is 270 g/mol. The van der Waals surface area contributed by atoms with E-state index in [1.54, 1.807) is 0 Å². The number of pyridine rings is 1. The second-order valence-corrected chi connectivity index (χ2v) is 3.04. The lowest BCUT2D eigenvalue weighted by molar-refractivity contribution is -0.389. The second kappa shape index (κ2) is 3.91. The predicted octanol–water partition coefficient (Wildman–Crippen LogP) is 2.83. The molecular weight excluding hydrogens is 269 g/mol. The minimum Gasteiger partial charge on any atom is -0.258 e. The zero-order valence-electron chi connectivity index (χ0n) is 6.38. The van der Waals surface area contributed by atoms with E-state index in [4.69, 9.17) is 0 Å². The second-order valence-electron chi connectivity index (χ2n) is 2.23. The van der Waals surface area contributed by atoms with Crippen LogP contribution >= 0.6 is 15.9 Å². The van der Waals surface area contributed by atoms with Gasteiger partial charge in [0.05, 0.1) is 4.92 Å². The molecule has 0 spiro atoms. The van der Waals surface area contributed by atoms with E-state index in [-0.39, 0.29) is 4.60 Å². The van der Waals surface area contributed by atoms with E-state index in [0.717, 1.165) is 0 Å². The quantitative estimate of drug-likeness (QED) is 0.472. The largest absolute Gasteiger partial charge is 0.332 e. The van der Waals surface area contributed by atoms with Gasteiger partial charge in [-0.05, 0) is 22.0 Å². The molecule has 14 heavy (non-hydrogen) atoms. The van der Waals surface area contributed by atoms with E-state index in [0.29, 0.717) is 6.07 Å². The summed E-state index contributed by atoms with van der Waals surface area (Å²) in [5, 5.41) is 10.2. The summed E-state index contributed by atoms with van der Waals surface area (Å²) in [5.41, 5.74) is -2.28. The fourth-order valence-corrected chi connectivity index (χ4v) is 1.24. The highest BCUT2D eigenvalue weighted by atomic mass is 79.9. The van der Waals surface area contributed by atoms with Crippen LogP contribution in [0.5, 0.6) is 0 Å². The SMILES string of the molecule is O=[N+]([O-])c1c(C(F)F)cc(Br)nc1F. The molecule has 0 bridgehead atoms. The first kappa shape index (κ1) is 10.9. The molecule has 0 aliphatic carbocycles. The van der Waals surface area contributed by atoms with Crippen molar-refractivity contribution in [2.75, 3.05) is 0 Å². The Balaban J connectivity index is 3.44. The lowest BCUT2D eigenvalue weighted by Gasteiger charge is -2.02. The van der Waals surface area contributed by atoms with Gasteiger partial charge in [0.15, 0.2) is 0 Å². The maximum absolute atomic E-state index is 12.8. The molecule has 0 amide bonds. The van der Waals surface area contributed by atoms with Crippen LogP contribution in [0.4, 0.5) is 18.9 Å². The highest BCUT2D eigenvalue weighted by Gasteiger charge is 2.28. The van der Waals surface area contributed by atoms with Crippen LogP contribution in [-0.2, 0) is 0 Å². The first-order chi connectivity index (χ1) is 6.43. The lowest BCUT2D eigenvalue weighted by Crippen LogP contribution is -2.02. The van der Waals surface area contributed by atoms with Crippen molar-refractivity contribution in [2.24, 2.45) is 0 Å². The molecule has 0 radical (unpaired) electrons. The highest BCUT2D eigenvalue weighted by Crippen LogP contribution is 2.31. The number of rotatable bonds is 2. The maximum Gasteiger partial charge on any atom is 0.332 e. The summed E-state index contributed by atoms with van der Waals surface area (Å²) >= 11 is 2.66. The Morgan fingerprint density at radius 1 is 1.57 bits per heavy atom. The predicted molar refractivity (Wildman–Crippen MR) is 43.5 cm³/mol. The van der Waals surface area contributed by atoms with Gasteiger partial charge in [0.2, 0.25) is 0 Å². The van der Waals surface area contributed by atoms with Crippen LogP contribution in [0.15, 0.2) is 10.7 Å². The van der Waals surface area contributed by atoms with Crippen LogP contribution in [0.25, 0.3) is 0 Å². The van der Waals surface area contributed by atoms with Crippen molar-refractivity contribution in [1.29, 1.82) is 0 Å². The van der Waals surface area contributed by atoms with Crippen LogP contribution < -0.4 is 0 Å². The molecule has 8 heteroatoms. The van der Waals surface area contributed by atoms with Crippen LogP contribution in [0, 0.1) is 16.1 Å². The fourth-order valence-electron chi connectivity index (χ4n) is 0.842. The van der Waals surface area contributed by atoms with Gasteiger partial charge in [0, 0.05) is 0 Å². The highest BCUT2D eigenvalue weighted by molar-refractivity contribution is 9.10. The van der Waals surface area contributed by atoms with E-state index < -0.39 is 28.5 Å². The minimum atomic E-state index is -3.12. The van der Waals surface area contributed by atoms with Crippen molar-refractivity contribution >= 4 is 21.6 Å². The van der Waals surface area contributed by atoms with Crippen molar-refractivity contribution in [1.82, 2.24) is 4.98 Å². The number of aromatic nitrogens is 1. The molecule has 0 aromatic carbocycles. The van der Waals surface area contributed by atoms with Crippen molar-refractivity contribution in [3.63, 3.8) is 0 Å². The summed E-state index contributed by atoms with van der Waals surface area (Å²) in [6.07, 6.45) is -3.12. The first-order valence-electron chi connectivity index (χ1n) is 3.22. The summed E-state index contributed by atoms with van der Waals surface area (Å²) in [7, 11) is 0. The molecule has 0 fully saturated rings. The molecule has 0 atom stereocenters. The molecule has 1 rings (SSSR count). The summed E-state index contributed by atoms with van der Waals surface area (Å²) in [6.45, 7) is 0. The standard InChI is InChI=1S/C6H2BrF3N2O2/c7-3-1-2(5(8)9)4(12(13)14)6(10)11-3/h1,5H. The summed E-state index contributed by atoms with van der Waals surface area (Å²) in [4.78, 5) is 12.0. The summed E-state index contributed by atoms with van der Waals surface area (Å²) in [6, 6.07) is 0.714. The van der Waals surface area contributed by atoms with Gasteiger partial charge in [0.25, 0.3) is 12.4 Å². The van der Waals surface area contributed by atoms with E-state index in [9.17, 15) is 23.3 Å². The molecule has 1 aromatic heterocycles. The Bertz CT molecular complexity index is 386. The first-order valence-corrected chi connectivity index (χ1v) is 4.01. The molecule has 0 saturated heterocycles. The zero-order valence-corrected chi connectivity index (χ0v) is 7.96. The summed E-state index contributed by atoms with van der Waals surface area (Å²) in [5.74, 6) is -1.53. The molecule has 0 aliphatic heterocycles. The van der Waals surface area contributed by atoms with E-state index in [1.807, 2.05) is 0 Å². The number of alkyl halides is 2. The molecule has 0 unspecified atom stereocenters. The van der Waals surface area contributed by atoms with Crippen LogP contribution in [0.1, 0.15) is 12.0 Å². The molecule has 1 aromatic rings. The van der Waals surface area contributed by atoms with Gasteiger partial charge in [-0.15, -0.1) is 0 Å². The minimum absolute atomic E-state index is 0.212. The average Bonchev–Trinajstić information content (AvgIpc) is 2.01. The Hall–Kier alpha value is -1.18. The molecule has 0 N–H and O–H groups in total. The lowest BCUT2D eigenvalue weighted by atomic mass is 10.2. The van der Waals surface area contributed by atoms with Crippen LogP contribution in [-0.4, -0.2) is 9.91 Å². The van der Waals surface area contributed by atoms with Crippen molar-refractivity contribution in [3.8, 4) is 0 Å². The third-order valence-electron chi connectivity index (χ3n) is 1.37. The fraction of sp³-hybridized carbons (Fsp3) is 0.167. The van der Waals surface area contributed by atoms with Gasteiger partial charge in [0.1, 0.15) is 10.2 Å².